The van der Waals surface area contributed by atoms with Crippen molar-refractivity contribution in [2.24, 2.45) is 5.41 Å². The van der Waals surface area contributed by atoms with Gasteiger partial charge in [0.25, 0.3) is 12.3 Å². The topological polar surface area (TPSA) is 84.3 Å². The Morgan fingerprint density at radius 2 is 1.86 bits per heavy atom. The standard InChI is InChI=1S/C23H22F2N4O2S.C3H3ClO/c1-2-19(30)28-10-9-23(13-28)11-14(12-23)29-16-6-4-3-5-15(16)26-22(29)27-21(31)18-8-7-17(32-18)20(24)25;1-2-3(4)5/h2-8,14,20H,1,9-13H2,(H,26,27,31);2H,1H2. The number of hydrogen-bond donors (Lipinski definition) is 1. The van der Waals surface area contributed by atoms with E-state index in [0.29, 0.717) is 12.5 Å². The largest absolute Gasteiger partial charge is 0.339 e. The number of thiophene rings is 1. The van der Waals surface area contributed by atoms with Gasteiger partial charge in [0.15, 0.2) is 0 Å². The number of nitrogens with one attached hydrogen (secondary N) is 1. The molecule has 11 heteroatoms. The molecular formula is C26H25ClF2N4O3S. The van der Waals surface area contributed by atoms with E-state index in [1.807, 2.05) is 33.7 Å². The van der Waals surface area contributed by atoms with Crippen LogP contribution in [0.4, 0.5) is 14.7 Å². The summed E-state index contributed by atoms with van der Waals surface area (Å²) in [5, 5.41) is 2.32. The number of anilines is 1. The second-order valence-corrected chi connectivity index (χ2v) is 10.5. The number of carbonyl (C=O) groups is 3. The molecule has 7 nitrogen and oxygen atoms in total. The first-order valence-corrected chi connectivity index (χ1v) is 12.8. The lowest BCUT2D eigenvalue weighted by Crippen LogP contribution is -2.42. The first kappa shape index (κ1) is 26.7. The van der Waals surface area contributed by atoms with E-state index in [0.717, 1.165) is 54.3 Å². The predicted octanol–water partition coefficient (Wildman–Crippen LogP) is 5.97. The van der Waals surface area contributed by atoms with Crippen molar-refractivity contribution in [3.63, 3.8) is 0 Å². The lowest BCUT2D eigenvalue weighted by Gasteiger charge is -2.46. The van der Waals surface area contributed by atoms with Crippen molar-refractivity contribution in [2.45, 2.75) is 31.7 Å². The molecule has 1 aliphatic carbocycles. The first-order valence-electron chi connectivity index (χ1n) is 11.6. The summed E-state index contributed by atoms with van der Waals surface area (Å²) in [5.74, 6) is -0.0679. The van der Waals surface area contributed by atoms with Crippen molar-refractivity contribution in [1.82, 2.24) is 14.5 Å². The molecule has 37 heavy (non-hydrogen) atoms. The Labute approximate surface area is 221 Å². The number of hydrogen-bond acceptors (Lipinski definition) is 5. The molecule has 2 aliphatic rings. The molecule has 2 aromatic heterocycles. The molecule has 1 aliphatic heterocycles. The third-order valence-electron chi connectivity index (χ3n) is 6.67. The third kappa shape index (κ3) is 5.65. The zero-order valence-electron chi connectivity index (χ0n) is 19.8. The predicted molar refractivity (Wildman–Crippen MR) is 140 cm³/mol. The van der Waals surface area contributed by atoms with Gasteiger partial charge in [-0.3, -0.25) is 19.7 Å². The number of amides is 2. The number of imidazole rings is 1. The number of carbonyl (C=O) groups excluding carboxylic acids is 3. The van der Waals surface area contributed by atoms with Crippen LogP contribution >= 0.6 is 22.9 Å². The molecule has 1 saturated heterocycles. The van der Waals surface area contributed by atoms with Crippen LogP contribution in [-0.2, 0) is 9.59 Å². The van der Waals surface area contributed by atoms with E-state index in [1.165, 1.54) is 18.2 Å². The SMILES string of the molecule is C=CC(=O)Cl.C=CC(=O)N1CCC2(CC(n3c(NC(=O)c4ccc(C(F)F)s4)nc4ccccc43)C2)C1. The van der Waals surface area contributed by atoms with Crippen LogP contribution in [0.15, 0.2) is 61.7 Å². The number of likely N-dealkylation sites (tertiary alicyclic amines) is 1. The van der Waals surface area contributed by atoms with Gasteiger partial charge in [-0.15, -0.1) is 11.3 Å². The normalized spacial score (nSPS) is 20.3. The number of halogens is 3. The number of nitrogens with zero attached hydrogens (tertiary/aromatic N) is 3. The van der Waals surface area contributed by atoms with Gasteiger partial charge in [-0.05, 0) is 72.7 Å². The van der Waals surface area contributed by atoms with E-state index in [-0.39, 0.29) is 27.1 Å². The maximum Gasteiger partial charge on any atom is 0.272 e. The average Bonchev–Trinajstić information content (AvgIpc) is 3.59. The van der Waals surface area contributed by atoms with Gasteiger partial charge in [-0.2, -0.15) is 0 Å². The number of para-hydroxylation sites is 2. The third-order valence-corrected chi connectivity index (χ3v) is 7.92. The maximum atomic E-state index is 12.9. The molecule has 5 rings (SSSR count). The molecule has 0 radical (unpaired) electrons. The number of aromatic nitrogens is 2. The lowest BCUT2D eigenvalue weighted by atomic mass is 9.65. The Kier molecular flexibility index (Phi) is 7.89. The van der Waals surface area contributed by atoms with Crippen LogP contribution in [0.25, 0.3) is 11.0 Å². The fourth-order valence-corrected chi connectivity index (χ4v) is 5.72. The van der Waals surface area contributed by atoms with Gasteiger partial charge < -0.3 is 9.47 Å². The Morgan fingerprint density at radius 1 is 1.16 bits per heavy atom. The van der Waals surface area contributed by atoms with E-state index in [2.05, 4.69) is 23.5 Å². The van der Waals surface area contributed by atoms with Crippen LogP contribution in [0.3, 0.4) is 0 Å². The number of fused-ring (bicyclic) bond motifs is 1. The summed E-state index contributed by atoms with van der Waals surface area (Å²) >= 11 is 5.49. The van der Waals surface area contributed by atoms with E-state index in [1.54, 1.807) is 0 Å². The Balaban J connectivity index is 0.000000586. The quantitative estimate of drug-likeness (QED) is 0.305. The summed E-state index contributed by atoms with van der Waals surface area (Å²) in [7, 11) is 0. The van der Waals surface area contributed by atoms with Gasteiger partial charge in [0.1, 0.15) is 0 Å². The molecule has 1 spiro atoms. The van der Waals surface area contributed by atoms with Gasteiger partial charge in [-0.1, -0.05) is 25.3 Å². The summed E-state index contributed by atoms with van der Waals surface area (Å²) in [6.45, 7) is 8.11. The van der Waals surface area contributed by atoms with E-state index in [9.17, 15) is 23.2 Å². The highest BCUT2D eigenvalue weighted by atomic mass is 35.5. The molecule has 0 atom stereocenters. The van der Waals surface area contributed by atoms with E-state index < -0.39 is 17.6 Å². The van der Waals surface area contributed by atoms with Gasteiger partial charge in [0, 0.05) is 19.1 Å². The highest BCUT2D eigenvalue weighted by Gasteiger charge is 2.50. The van der Waals surface area contributed by atoms with E-state index >= 15 is 0 Å². The van der Waals surface area contributed by atoms with Crippen molar-refractivity contribution in [3.05, 3.63) is 71.5 Å². The van der Waals surface area contributed by atoms with Crippen LogP contribution in [0.5, 0.6) is 0 Å². The molecule has 1 N–H and O–H groups in total. The van der Waals surface area contributed by atoms with Crippen molar-refractivity contribution in [3.8, 4) is 0 Å². The second kappa shape index (κ2) is 10.9. The van der Waals surface area contributed by atoms with Crippen molar-refractivity contribution < 1.29 is 23.2 Å². The van der Waals surface area contributed by atoms with Gasteiger partial charge in [-0.25, -0.2) is 13.8 Å². The van der Waals surface area contributed by atoms with Crippen LogP contribution in [0, 0.1) is 5.41 Å². The van der Waals surface area contributed by atoms with Crippen LogP contribution in [0.2, 0.25) is 0 Å². The van der Waals surface area contributed by atoms with Crippen molar-refractivity contribution in [1.29, 1.82) is 0 Å². The minimum Gasteiger partial charge on any atom is -0.339 e. The highest BCUT2D eigenvalue weighted by Crippen LogP contribution is 2.55. The number of benzene rings is 1. The molecule has 1 saturated carbocycles. The van der Waals surface area contributed by atoms with Crippen LogP contribution < -0.4 is 5.32 Å². The van der Waals surface area contributed by atoms with Gasteiger partial charge in [0.2, 0.25) is 17.1 Å². The molecular weight excluding hydrogens is 522 g/mol. The summed E-state index contributed by atoms with van der Waals surface area (Å²) in [6.07, 6.45) is 2.51. The smallest absolute Gasteiger partial charge is 0.272 e. The molecule has 0 unspecified atom stereocenters. The van der Waals surface area contributed by atoms with E-state index in [4.69, 9.17) is 11.6 Å². The summed E-state index contributed by atoms with van der Waals surface area (Å²) in [6, 6.07) is 10.5. The fourth-order valence-electron chi connectivity index (χ4n) is 4.97. The number of alkyl halides is 2. The fraction of sp³-hybridized carbons (Fsp3) is 0.308. The van der Waals surface area contributed by atoms with Crippen molar-refractivity contribution >= 4 is 57.0 Å². The van der Waals surface area contributed by atoms with Crippen LogP contribution in [0.1, 0.15) is 46.3 Å². The van der Waals surface area contributed by atoms with Crippen LogP contribution in [-0.4, -0.2) is 44.6 Å². The first-order chi connectivity index (χ1) is 17.7. The summed E-state index contributed by atoms with van der Waals surface area (Å²) < 4.78 is 27.9. The highest BCUT2D eigenvalue weighted by molar-refractivity contribution is 7.14. The summed E-state index contributed by atoms with van der Waals surface area (Å²) in [5.41, 5.74) is 1.76. The average molecular weight is 547 g/mol. The number of allylic oxidation sites excluding steroid dienone is 1. The molecule has 0 bridgehead atoms. The molecule has 3 aromatic rings. The molecule has 2 fully saturated rings. The minimum atomic E-state index is -2.60. The zero-order valence-corrected chi connectivity index (χ0v) is 21.4. The Morgan fingerprint density at radius 3 is 2.49 bits per heavy atom. The van der Waals surface area contributed by atoms with Gasteiger partial charge in [0.05, 0.1) is 20.8 Å². The Bertz CT molecular complexity index is 1360. The molecule has 1 aromatic carbocycles. The number of rotatable bonds is 6. The second-order valence-electron chi connectivity index (χ2n) is 9.04. The van der Waals surface area contributed by atoms with Gasteiger partial charge >= 0.3 is 0 Å². The zero-order chi connectivity index (χ0) is 26.7. The molecule has 2 amide bonds. The maximum absolute atomic E-state index is 12.9. The monoisotopic (exact) mass is 546 g/mol. The molecule has 3 heterocycles. The minimum absolute atomic E-state index is 0.0366. The molecule has 194 valence electrons. The lowest BCUT2D eigenvalue weighted by molar-refractivity contribution is -0.125. The Hall–Kier alpha value is -3.37. The summed E-state index contributed by atoms with van der Waals surface area (Å²) in [4.78, 5) is 40.7. The van der Waals surface area contributed by atoms with Crippen molar-refractivity contribution in [2.75, 3.05) is 18.4 Å².